The minimum atomic E-state index is -3.11. The maximum absolute atomic E-state index is 13.2. The van der Waals surface area contributed by atoms with E-state index in [-0.39, 0.29) is 17.4 Å². The van der Waals surface area contributed by atoms with Crippen LogP contribution in [-0.2, 0) is 9.84 Å². The maximum Gasteiger partial charge on any atom is 0.252 e. The molecule has 8 nitrogen and oxygen atoms in total. The number of rotatable bonds is 6. The van der Waals surface area contributed by atoms with Crippen LogP contribution in [0.2, 0.25) is 0 Å². The van der Waals surface area contributed by atoms with Crippen molar-refractivity contribution < 1.29 is 27.4 Å². The topological polar surface area (TPSA) is 104 Å². The standard InChI is InChI=1S/C23H24N2O6S/c1-29-20-10-14(11-21(30-2)22(20)31-3)19-12-17(16-6-4-5-7-18(16)25-19)23(26)24-15-8-9-32(27,28)13-15/h4-7,10-12,15H,8-9,13H2,1-3H3,(H,24,26). The quantitative estimate of drug-likeness (QED) is 0.608. The second kappa shape index (κ2) is 8.66. The van der Waals surface area contributed by atoms with Crippen LogP contribution < -0.4 is 19.5 Å². The molecule has 1 saturated heterocycles. The van der Waals surface area contributed by atoms with Gasteiger partial charge in [0.15, 0.2) is 21.3 Å². The highest BCUT2D eigenvalue weighted by molar-refractivity contribution is 7.91. The fourth-order valence-corrected chi connectivity index (χ4v) is 5.59. The van der Waals surface area contributed by atoms with Gasteiger partial charge in [-0.05, 0) is 30.7 Å². The van der Waals surface area contributed by atoms with Crippen LogP contribution in [-0.4, -0.2) is 58.2 Å². The second-order valence-corrected chi connectivity index (χ2v) is 9.79. The van der Waals surface area contributed by atoms with Gasteiger partial charge in [0, 0.05) is 17.0 Å². The lowest BCUT2D eigenvalue weighted by Gasteiger charge is -2.16. The number of nitrogens with zero attached hydrogens (tertiary/aromatic N) is 1. The lowest BCUT2D eigenvalue weighted by atomic mass is 10.0. The zero-order chi connectivity index (χ0) is 22.9. The number of para-hydroxylation sites is 1. The number of benzene rings is 2. The fourth-order valence-electron chi connectivity index (χ4n) is 3.91. The molecule has 2 heterocycles. The molecule has 1 aliphatic heterocycles. The Balaban J connectivity index is 1.80. The van der Waals surface area contributed by atoms with Crippen molar-refractivity contribution in [2.24, 2.45) is 0 Å². The zero-order valence-corrected chi connectivity index (χ0v) is 18.9. The predicted molar refractivity (Wildman–Crippen MR) is 121 cm³/mol. The van der Waals surface area contributed by atoms with Gasteiger partial charge < -0.3 is 19.5 Å². The average Bonchev–Trinajstić information content (AvgIpc) is 3.14. The average molecular weight is 457 g/mol. The van der Waals surface area contributed by atoms with E-state index in [0.29, 0.717) is 51.4 Å². The van der Waals surface area contributed by atoms with Gasteiger partial charge in [-0.25, -0.2) is 13.4 Å². The highest BCUT2D eigenvalue weighted by Gasteiger charge is 2.29. The Morgan fingerprint density at radius 2 is 1.72 bits per heavy atom. The number of fused-ring (bicyclic) bond motifs is 1. The molecule has 1 aromatic heterocycles. The van der Waals surface area contributed by atoms with Gasteiger partial charge in [-0.3, -0.25) is 4.79 Å². The van der Waals surface area contributed by atoms with Crippen molar-refractivity contribution in [3.8, 4) is 28.5 Å². The Bertz CT molecular complexity index is 1260. The number of aromatic nitrogens is 1. The molecule has 0 radical (unpaired) electrons. The molecule has 0 aliphatic carbocycles. The smallest absolute Gasteiger partial charge is 0.252 e. The minimum absolute atomic E-state index is 0.0402. The Kier molecular flexibility index (Phi) is 5.92. The van der Waals surface area contributed by atoms with Crippen LogP contribution in [0.15, 0.2) is 42.5 Å². The third-order valence-electron chi connectivity index (χ3n) is 5.49. The van der Waals surface area contributed by atoms with Crippen molar-refractivity contribution in [1.82, 2.24) is 10.3 Å². The van der Waals surface area contributed by atoms with E-state index < -0.39 is 15.9 Å². The molecule has 0 bridgehead atoms. The largest absolute Gasteiger partial charge is 0.493 e. The van der Waals surface area contributed by atoms with Crippen molar-refractivity contribution in [3.05, 3.63) is 48.0 Å². The first-order valence-corrected chi connectivity index (χ1v) is 11.9. The summed E-state index contributed by atoms with van der Waals surface area (Å²) < 4.78 is 39.9. The van der Waals surface area contributed by atoms with Gasteiger partial charge in [-0.2, -0.15) is 0 Å². The van der Waals surface area contributed by atoms with Gasteiger partial charge in [0.2, 0.25) is 5.75 Å². The first-order chi connectivity index (χ1) is 15.3. The summed E-state index contributed by atoms with van der Waals surface area (Å²) in [6.45, 7) is 0. The summed E-state index contributed by atoms with van der Waals surface area (Å²) >= 11 is 0. The van der Waals surface area contributed by atoms with Crippen LogP contribution in [0.25, 0.3) is 22.2 Å². The number of methoxy groups -OCH3 is 3. The van der Waals surface area contributed by atoms with Gasteiger partial charge in [0.1, 0.15) is 0 Å². The van der Waals surface area contributed by atoms with Crippen molar-refractivity contribution in [3.63, 3.8) is 0 Å². The lowest BCUT2D eigenvalue weighted by molar-refractivity contribution is 0.0943. The predicted octanol–water partition coefficient (Wildman–Crippen LogP) is 2.84. The fraction of sp³-hybridized carbons (Fsp3) is 0.304. The van der Waals surface area contributed by atoms with E-state index >= 15 is 0 Å². The molecule has 1 N–H and O–H groups in total. The molecule has 3 aromatic rings. The molecule has 1 fully saturated rings. The monoisotopic (exact) mass is 456 g/mol. The summed E-state index contributed by atoms with van der Waals surface area (Å²) in [6.07, 6.45) is 0.414. The van der Waals surface area contributed by atoms with Gasteiger partial charge >= 0.3 is 0 Å². The molecule has 1 aliphatic rings. The number of ether oxygens (including phenoxy) is 3. The van der Waals surface area contributed by atoms with Crippen LogP contribution in [0, 0.1) is 0 Å². The number of amides is 1. The highest BCUT2D eigenvalue weighted by Crippen LogP contribution is 2.41. The highest BCUT2D eigenvalue weighted by atomic mass is 32.2. The number of pyridine rings is 1. The summed E-state index contributed by atoms with van der Waals surface area (Å²) in [6, 6.07) is 12.2. The summed E-state index contributed by atoms with van der Waals surface area (Å²) in [5.41, 5.74) is 2.29. The van der Waals surface area contributed by atoms with Gasteiger partial charge in [-0.1, -0.05) is 18.2 Å². The van der Waals surface area contributed by atoms with E-state index in [1.807, 2.05) is 24.3 Å². The maximum atomic E-state index is 13.2. The van der Waals surface area contributed by atoms with Crippen molar-refractivity contribution in [2.45, 2.75) is 12.5 Å². The van der Waals surface area contributed by atoms with E-state index in [0.717, 1.165) is 0 Å². The van der Waals surface area contributed by atoms with Crippen molar-refractivity contribution >= 4 is 26.6 Å². The lowest BCUT2D eigenvalue weighted by Crippen LogP contribution is -2.35. The Hall–Kier alpha value is -3.33. The molecule has 9 heteroatoms. The van der Waals surface area contributed by atoms with E-state index in [1.54, 1.807) is 18.2 Å². The number of carbonyl (C=O) groups is 1. The Morgan fingerprint density at radius 1 is 1.03 bits per heavy atom. The number of hydrogen-bond acceptors (Lipinski definition) is 7. The molecule has 168 valence electrons. The molecule has 4 rings (SSSR count). The molecule has 32 heavy (non-hydrogen) atoms. The van der Waals surface area contributed by atoms with E-state index in [9.17, 15) is 13.2 Å². The second-order valence-electron chi connectivity index (χ2n) is 7.56. The van der Waals surface area contributed by atoms with Crippen LogP contribution in [0.4, 0.5) is 0 Å². The zero-order valence-electron chi connectivity index (χ0n) is 18.0. The van der Waals surface area contributed by atoms with E-state index in [1.165, 1.54) is 21.3 Å². The molecule has 1 unspecified atom stereocenters. The summed E-state index contributed by atoms with van der Waals surface area (Å²) in [5.74, 6) is 1.12. The summed E-state index contributed by atoms with van der Waals surface area (Å²) in [7, 11) is 1.48. The molecule has 2 aromatic carbocycles. The van der Waals surface area contributed by atoms with Crippen LogP contribution in [0.1, 0.15) is 16.8 Å². The first kappa shape index (κ1) is 21.9. The number of hydrogen-bond donors (Lipinski definition) is 1. The van der Waals surface area contributed by atoms with Crippen LogP contribution in [0.5, 0.6) is 17.2 Å². The summed E-state index contributed by atoms with van der Waals surface area (Å²) in [5, 5.41) is 3.55. The number of sulfone groups is 1. The SMILES string of the molecule is COc1cc(-c2cc(C(=O)NC3CCS(=O)(=O)C3)c3ccccc3n2)cc(OC)c1OC. The molecular formula is C23H24N2O6S. The van der Waals surface area contributed by atoms with E-state index in [4.69, 9.17) is 19.2 Å². The van der Waals surface area contributed by atoms with E-state index in [2.05, 4.69) is 5.32 Å². The Morgan fingerprint density at radius 3 is 2.31 bits per heavy atom. The number of carbonyl (C=O) groups excluding carboxylic acids is 1. The van der Waals surface area contributed by atoms with Crippen molar-refractivity contribution in [2.75, 3.05) is 32.8 Å². The first-order valence-electron chi connectivity index (χ1n) is 10.1. The van der Waals surface area contributed by atoms with Crippen LogP contribution >= 0.6 is 0 Å². The normalized spacial score (nSPS) is 17.2. The molecule has 1 atom stereocenters. The molecule has 1 amide bonds. The molecule has 0 saturated carbocycles. The van der Waals surface area contributed by atoms with Crippen LogP contribution in [0.3, 0.4) is 0 Å². The molecule has 0 spiro atoms. The van der Waals surface area contributed by atoms with Gasteiger partial charge in [0.25, 0.3) is 5.91 Å². The van der Waals surface area contributed by atoms with Crippen molar-refractivity contribution in [1.29, 1.82) is 0 Å². The van der Waals surface area contributed by atoms with Gasteiger partial charge in [-0.15, -0.1) is 0 Å². The third kappa shape index (κ3) is 4.20. The summed E-state index contributed by atoms with van der Waals surface area (Å²) in [4.78, 5) is 17.9. The Labute approximate surface area is 186 Å². The third-order valence-corrected chi connectivity index (χ3v) is 7.26. The van der Waals surface area contributed by atoms with Gasteiger partial charge in [0.05, 0.1) is 49.6 Å². The minimum Gasteiger partial charge on any atom is -0.493 e. The number of nitrogens with one attached hydrogen (secondary N) is 1. The molecular weight excluding hydrogens is 432 g/mol.